The summed E-state index contributed by atoms with van der Waals surface area (Å²) in [6.07, 6.45) is 0. The third-order valence-electron chi connectivity index (χ3n) is 4.55. The standard InChI is InChI=1S/C21H31N3.2ClH.Os/c1-16-8-6-9-17(2)20(16)22-12-14-24(5)15-13-23-21-18(3)10-7-11-19(21)4;;;/h6-11,22-23H,12-15H2,1-5H3;2*1H;/q;;;+2/p-2. The molecule has 0 heterocycles. The number of nitrogens with one attached hydrogen (secondary N) is 2. The van der Waals surface area contributed by atoms with Gasteiger partial charge in [0, 0.05) is 37.6 Å². The zero-order chi connectivity index (χ0) is 17.5. The van der Waals surface area contributed by atoms with Gasteiger partial charge in [-0.05, 0) is 57.0 Å². The van der Waals surface area contributed by atoms with Crippen LogP contribution in [-0.2, 0) is 19.8 Å². The molecule has 152 valence electrons. The van der Waals surface area contributed by atoms with Crippen LogP contribution >= 0.6 is 0 Å². The second-order valence-corrected chi connectivity index (χ2v) is 6.69. The fraction of sp³-hybridized carbons (Fsp3) is 0.429. The van der Waals surface area contributed by atoms with E-state index in [2.05, 4.69) is 86.7 Å². The van der Waals surface area contributed by atoms with Gasteiger partial charge in [-0.2, -0.15) is 0 Å². The average Bonchev–Trinajstić information content (AvgIpc) is 2.53. The van der Waals surface area contributed by atoms with E-state index in [4.69, 9.17) is 0 Å². The van der Waals surface area contributed by atoms with Crippen molar-refractivity contribution < 1.29 is 44.6 Å². The Kier molecular flexibility index (Phi) is 15.0. The molecule has 0 aliphatic carbocycles. The van der Waals surface area contributed by atoms with Crippen LogP contribution in [0.3, 0.4) is 0 Å². The number of anilines is 2. The molecule has 2 N–H and O–H groups in total. The van der Waals surface area contributed by atoms with Gasteiger partial charge in [0.1, 0.15) is 0 Å². The predicted molar refractivity (Wildman–Crippen MR) is 106 cm³/mol. The van der Waals surface area contributed by atoms with E-state index >= 15 is 0 Å². The SMILES string of the molecule is Cc1cccc(C)c1NCCN(C)CCNc1c(C)cccc1C.[Cl-].[Cl-].[Os+2]. The zero-order valence-corrected chi connectivity index (χ0v) is 20.9. The predicted octanol–water partition coefficient (Wildman–Crippen LogP) is -1.62. The summed E-state index contributed by atoms with van der Waals surface area (Å²) in [5.41, 5.74) is 7.81. The Hall–Kier alpha value is -0.784. The molecule has 0 saturated carbocycles. The smallest absolute Gasteiger partial charge is 1.00 e. The van der Waals surface area contributed by atoms with Crippen LogP contribution in [0.2, 0.25) is 0 Å². The van der Waals surface area contributed by atoms with Crippen LogP contribution in [-0.4, -0.2) is 38.1 Å². The van der Waals surface area contributed by atoms with Gasteiger partial charge in [0.25, 0.3) is 0 Å². The molecule has 0 bridgehead atoms. The first-order chi connectivity index (χ1) is 11.5. The van der Waals surface area contributed by atoms with E-state index in [1.54, 1.807) is 0 Å². The molecule has 0 spiro atoms. The van der Waals surface area contributed by atoms with Crippen molar-refractivity contribution in [1.82, 2.24) is 4.90 Å². The van der Waals surface area contributed by atoms with Gasteiger partial charge in [0.15, 0.2) is 0 Å². The Labute approximate surface area is 190 Å². The number of hydrogen-bond donors (Lipinski definition) is 2. The normalized spacial score (nSPS) is 9.70. The van der Waals surface area contributed by atoms with Crippen molar-refractivity contribution in [1.29, 1.82) is 0 Å². The summed E-state index contributed by atoms with van der Waals surface area (Å²) in [6, 6.07) is 12.9. The minimum absolute atomic E-state index is 0. The summed E-state index contributed by atoms with van der Waals surface area (Å²) < 4.78 is 0. The molecule has 0 amide bonds. The summed E-state index contributed by atoms with van der Waals surface area (Å²) >= 11 is 0. The maximum absolute atomic E-state index is 3.58. The summed E-state index contributed by atoms with van der Waals surface area (Å²) in [4.78, 5) is 2.36. The van der Waals surface area contributed by atoms with E-state index < -0.39 is 0 Å². The number of para-hydroxylation sites is 2. The number of aryl methyl sites for hydroxylation is 4. The van der Waals surface area contributed by atoms with Gasteiger partial charge in [-0.3, -0.25) is 0 Å². The van der Waals surface area contributed by atoms with Gasteiger partial charge < -0.3 is 40.3 Å². The van der Waals surface area contributed by atoms with Gasteiger partial charge >= 0.3 is 19.8 Å². The van der Waals surface area contributed by atoms with Gasteiger partial charge in [-0.25, -0.2) is 0 Å². The molecule has 0 radical (unpaired) electrons. The molecule has 0 atom stereocenters. The van der Waals surface area contributed by atoms with Crippen molar-refractivity contribution in [3.63, 3.8) is 0 Å². The number of hydrogen-bond acceptors (Lipinski definition) is 3. The molecule has 2 aromatic rings. The van der Waals surface area contributed by atoms with Crippen molar-refractivity contribution in [3.05, 3.63) is 58.7 Å². The largest absolute Gasteiger partial charge is 2.00 e. The minimum Gasteiger partial charge on any atom is -1.00 e. The average molecular weight is 587 g/mol. The molecule has 0 aliphatic rings. The third-order valence-corrected chi connectivity index (χ3v) is 4.55. The number of halogens is 2. The van der Waals surface area contributed by atoms with Crippen molar-refractivity contribution in [2.24, 2.45) is 0 Å². The summed E-state index contributed by atoms with van der Waals surface area (Å²) in [5, 5.41) is 7.15. The van der Waals surface area contributed by atoms with E-state index in [0.29, 0.717) is 0 Å². The molecule has 0 aliphatic heterocycles. The number of nitrogens with zero attached hydrogens (tertiary/aromatic N) is 1. The van der Waals surface area contributed by atoms with Gasteiger partial charge in [-0.1, -0.05) is 36.4 Å². The van der Waals surface area contributed by atoms with Crippen molar-refractivity contribution in [3.8, 4) is 0 Å². The van der Waals surface area contributed by atoms with Crippen LogP contribution in [0.25, 0.3) is 0 Å². The monoisotopic (exact) mass is 587 g/mol. The molecular weight excluding hydrogens is 555 g/mol. The van der Waals surface area contributed by atoms with Gasteiger partial charge in [0.2, 0.25) is 0 Å². The summed E-state index contributed by atoms with van der Waals surface area (Å²) in [5.74, 6) is 0. The number of benzene rings is 2. The van der Waals surface area contributed by atoms with Crippen LogP contribution in [0.1, 0.15) is 22.3 Å². The number of likely N-dealkylation sites (N-methyl/N-ethyl adjacent to an activating group) is 1. The Morgan fingerprint density at radius 1 is 0.667 bits per heavy atom. The summed E-state index contributed by atoms with van der Waals surface area (Å²) in [7, 11) is 2.18. The first kappa shape index (κ1) is 28.4. The Morgan fingerprint density at radius 3 is 1.26 bits per heavy atom. The molecule has 2 rings (SSSR count). The Morgan fingerprint density at radius 2 is 0.963 bits per heavy atom. The Balaban J connectivity index is 0. The van der Waals surface area contributed by atoms with Crippen LogP contribution in [0.15, 0.2) is 36.4 Å². The maximum Gasteiger partial charge on any atom is 2.00 e. The van der Waals surface area contributed by atoms with Gasteiger partial charge in [-0.15, -0.1) is 0 Å². The first-order valence-electron chi connectivity index (χ1n) is 8.77. The van der Waals surface area contributed by atoms with Crippen LogP contribution in [0.4, 0.5) is 11.4 Å². The summed E-state index contributed by atoms with van der Waals surface area (Å²) in [6.45, 7) is 12.6. The topological polar surface area (TPSA) is 27.3 Å². The molecule has 0 aromatic heterocycles. The Bertz CT molecular complexity index is 582. The second-order valence-electron chi connectivity index (χ2n) is 6.69. The van der Waals surface area contributed by atoms with E-state index in [0.717, 1.165) is 26.2 Å². The molecule has 3 nitrogen and oxygen atoms in total. The van der Waals surface area contributed by atoms with Crippen LogP contribution in [0.5, 0.6) is 0 Å². The molecule has 0 fully saturated rings. The zero-order valence-electron chi connectivity index (χ0n) is 16.8. The van der Waals surface area contributed by atoms with Crippen molar-refractivity contribution >= 4 is 11.4 Å². The first-order valence-corrected chi connectivity index (χ1v) is 8.77. The minimum atomic E-state index is 0. The molecule has 0 saturated heterocycles. The molecular formula is C21H31Cl2N3Os. The molecule has 27 heavy (non-hydrogen) atoms. The van der Waals surface area contributed by atoms with E-state index in [-0.39, 0.29) is 44.6 Å². The molecule has 2 aromatic carbocycles. The quantitative estimate of drug-likeness (QED) is 0.390. The fourth-order valence-electron chi connectivity index (χ4n) is 3.04. The number of rotatable bonds is 8. The molecule has 0 unspecified atom stereocenters. The van der Waals surface area contributed by atoms with Crippen LogP contribution < -0.4 is 35.4 Å². The van der Waals surface area contributed by atoms with Gasteiger partial charge in [0.05, 0.1) is 0 Å². The fourth-order valence-corrected chi connectivity index (χ4v) is 3.04. The second kappa shape index (κ2) is 14.2. The van der Waals surface area contributed by atoms with Crippen molar-refractivity contribution in [2.45, 2.75) is 27.7 Å². The van der Waals surface area contributed by atoms with Crippen LogP contribution in [0, 0.1) is 27.7 Å². The van der Waals surface area contributed by atoms with E-state index in [1.165, 1.54) is 33.6 Å². The maximum atomic E-state index is 3.58. The van der Waals surface area contributed by atoms with Crippen molar-refractivity contribution in [2.75, 3.05) is 43.9 Å². The van der Waals surface area contributed by atoms with E-state index in [1.807, 2.05) is 0 Å². The van der Waals surface area contributed by atoms with E-state index in [9.17, 15) is 0 Å². The molecule has 6 heteroatoms. The third kappa shape index (κ3) is 8.84.